The second-order valence-electron chi connectivity index (χ2n) is 5.65. The van der Waals surface area contributed by atoms with E-state index in [1.54, 1.807) is 26.4 Å². The first-order valence-corrected chi connectivity index (χ1v) is 8.76. The number of benzene rings is 2. The molecule has 0 bridgehead atoms. The summed E-state index contributed by atoms with van der Waals surface area (Å²) < 4.78 is 13.5. The molecule has 2 aromatic carbocycles. The zero-order valence-corrected chi connectivity index (χ0v) is 15.3. The highest BCUT2D eigenvalue weighted by Gasteiger charge is 2.10. The molecule has 0 fully saturated rings. The molecule has 0 radical (unpaired) electrons. The molecule has 0 saturated heterocycles. The maximum Gasteiger partial charge on any atom is 0.279 e. The zero-order chi connectivity index (χ0) is 17.8. The molecular formula is C19H20N2O3S. The summed E-state index contributed by atoms with van der Waals surface area (Å²) in [5.41, 5.74) is 2.71. The Hall–Kier alpha value is -2.44. The summed E-state index contributed by atoms with van der Waals surface area (Å²) >= 11 is 1.47. The van der Waals surface area contributed by atoms with Crippen LogP contribution in [-0.2, 0) is 11.3 Å². The highest BCUT2D eigenvalue weighted by Crippen LogP contribution is 2.23. The minimum Gasteiger partial charge on any atom is -0.497 e. The Labute approximate surface area is 150 Å². The third kappa shape index (κ3) is 3.81. The largest absolute Gasteiger partial charge is 0.497 e. The van der Waals surface area contributed by atoms with E-state index in [1.165, 1.54) is 11.3 Å². The fraction of sp³-hybridized carbons (Fsp3) is 0.263. The van der Waals surface area contributed by atoms with E-state index in [0.29, 0.717) is 23.5 Å². The molecule has 0 N–H and O–H groups in total. The van der Waals surface area contributed by atoms with Gasteiger partial charge in [0.1, 0.15) is 5.75 Å². The number of carbonyl (C=O) groups is 1. The predicted molar refractivity (Wildman–Crippen MR) is 99.3 cm³/mol. The van der Waals surface area contributed by atoms with Crippen LogP contribution in [0.3, 0.4) is 0 Å². The molecule has 3 aromatic rings. The molecule has 0 unspecified atom stereocenters. The molecule has 130 valence electrons. The normalized spacial score (nSPS) is 11.9. The van der Waals surface area contributed by atoms with Crippen LogP contribution in [0, 0.1) is 6.92 Å². The van der Waals surface area contributed by atoms with Gasteiger partial charge in [-0.3, -0.25) is 4.79 Å². The summed E-state index contributed by atoms with van der Waals surface area (Å²) in [4.78, 5) is 17.5. The molecule has 0 aliphatic carbocycles. The van der Waals surface area contributed by atoms with E-state index in [2.05, 4.69) is 4.99 Å². The molecule has 6 heteroatoms. The van der Waals surface area contributed by atoms with E-state index in [-0.39, 0.29) is 5.91 Å². The van der Waals surface area contributed by atoms with Crippen molar-refractivity contribution in [2.75, 3.05) is 20.8 Å². The third-order valence-corrected chi connectivity index (χ3v) is 4.95. The van der Waals surface area contributed by atoms with Crippen LogP contribution in [0.15, 0.2) is 47.5 Å². The van der Waals surface area contributed by atoms with Gasteiger partial charge in [-0.25, -0.2) is 0 Å². The summed E-state index contributed by atoms with van der Waals surface area (Å²) in [5.74, 6) is 0.536. The van der Waals surface area contributed by atoms with Crippen LogP contribution in [0.5, 0.6) is 5.75 Å². The standard InChI is InChI=1S/C19H20N2O3S/c1-13-4-6-14(7-5-13)18(22)20-19-21(10-11-23-2)16-9-8-15(24-3)12-17(16)25-19/h4-9,12H,10-11H2,1-3H3. The first-order valence-electron chi connectivity index (χ1n) is 7.94. The molecule has 25 heavy (non-hydrogen) atoms. The average molecular weight is 356 g/mol. The molecule has 0 aliphatic heterocycles. The van der Waals surface area contributed by atoms with Gasteiger partial charge in [0.15, 0.2) is 4.80 Å². The maximum atomic E-state index is 12.5. The van der Waals surface area contributed by atoms with E-state index in [4.69, 9.17) is 9.47 Å². The lowest BCUT2D eigenvalue weighted by Crippen LogP contribution is -2.19. The fourth-order valence-corrected chi connectivity index (χ4v) is 3.60. The van der Waals surface area contributed by atoms with Crippen LogP contribution in [0.1, 0.15) is 15.9 Å². The first-order chi connectivity index (χ1) is 12.1. The Morgan fingerprint density at radius 2 is 1.92 bits per heavy atom. The SMILES string of the molecule is COCCn1c(=NC(=O)c2ccc(C)cc2)sc2cc(OC)ccc21. The molecule has 0 saturated carbocycles. The van der Waals surface area contributed by atoms with E-state index in [0.717, 1.165) is 21.5 Å². The summed E-state index contributed by atoms with van der Waals surface area (Å²) in [5, 5.41) is 0. The number of rotatable bonds is 5. The molecular weight excluding hydrogens is 336 g/mol. The fourth-order valence-electron chi connectivity index (χ4n) is 2.51. The second kappa shape index (κ2) is 7.63. The minimum absolute atomic E-state index is 0.246. The Morgan fingerprint density at radius 3 is 2.60 bits per heavy atom. The van der Waals surface area contributed by atoms with Gasteiger partial charge >= 0.3 is 0 Å². The van der Waals surface area contributed by atoms with E-state index in [1.807, 2.05) is 41.8 Å². The van der Waals surface area contributed by atoms with Crippen LogP contribution < -0.4 is 9.54 Å². The Kier molecular flexibility index (Phi) is 5.31. The lowest BCUT2D eigenvalue weighted by molar-refractivity contribution is 0.0997. The number of fused-ring (bicyclic) bond motifs is 1. The van der Waals surface area contributed by atoms with Gasteiger partial charge in [0.05, 0.1) is 23.9 Å². The monoisotopic (exact) mass is 356 g/mol. The highest BCUT2D eigenvalue weighted by atomic mass is 32.1. The van der Waals surface area contributed by atoms with E-state index in [9.17, 15) is 4.79 Å². The quantitative estimate of drug-likeness (QED) is 0.704. The molecule has 5 nitrogen and oxygen atoms in total. The topological polar surface area (TPSA) is 52.8 Å². The van der Waals surface area contributed by atoms with E-state index < -0.39 is 0 Å². The van der Waals surface area contributed by atoms with Crippen molar-refractivity contribution in [3.8, 4) is 5.75 Å². The predicted octanol–water partition coefficient (Wildman–Crippen LogP) is 3.41. The van der Waals surface area contributed by atoms with Gasteiger partial charge in [0.2, 0.25) is 0 Å². The maximum absolute atomic E-state index is 12.5. The van der Waals surface area contributed by atoms with Crippen molar-refractivity contribution in [2.45, 2.75) is 13.5 Å². The van der Waals surface area contributed by atoms with Gasteiger partial charge in [0.25, 0.3) is 5.91 Å². The molecule has 1 amide bonds. The van der Waals surface area contributed by atoms with Crippen molar-refractivity contribution in [1.29, 1.82) is 0 Å². The van der Waals surface area contributed by atoms with Crippen molar-refractivity contribution in [2.24, 2.45) is 4.99 Å². The second-order valence-corrected chi connectivity index (χ2v) is 6.65. The summed E-state index contributed by atoms with van der Waals surface area (Å²) in [6.07, 6.45) is 0. The highest BCUT2D eigenvalue weighted by molar-refractivity contribution is 7.16. The number of amides is 1. The summed E-state index contributed by atoms with van der Waals surface area (Å²) in [6, 6.07) is 13.3. The van der Waals surface area contributed by atoms with Crippen molar-refractivity contribution in [3.63, 3.8) is 0 Å². The van der Waals surface area contributed by atoms with Gasteiger partial charge < -0.3 is 14.0 Å². The minimum atomic E-state index is -0.246. The van der Waals surface area contributed by atoms with Crippen LogP contribution in [0.4, 0.5) is 0 Å². The number of methoxy groups -OCH3 is 2. The van der Waals surface area contributed by atoms with Crippen LogP contribution >= 0.6 is 11.3 Å². The van der Waals surface area contributed by atoms with Gasteiger partial charge in [0, 0.05) is 19.2 Å². The Balaban J connectivity index is 2.09. The smallest absolute Gasteiger partial charge is 0.279 e. The summed E-state index contributed by atoms with van der Waals surface area (Å²) in [6.45, 7) is 3.16. The molecule has 1 aromatic heterocycles. The van der Waals surface area contributed by atoms with Crippen molar-refractivity contribution in [3.05, 3.63) is 58.4 Å². The van der Waals surface area contributed by atoms with Crippen molar-refractivity contribution >= 4 is 27.5 Å². The van der Waals surface area contributed by atoms with Gasteiger partial charge in [-0.2, -0.15) is 4.99 Å². The van der Waals surface area contributed by atoms with Gasteiger partial charge in [-0.15, -0.1) is 0 Å². The molecule has 1 heterocycles. The van der Waals surface area contributed by atoms with Crippen LogP contribution in [0.2, 0.25) is 0 Å². The Bertz CT molecular complexity index is 955. The lowest BCUT2D eigenvalue weighted by atomic mass is 10.1. The number of aromatic nitrogens is 1. The number of hydrogen-bond donors (Lipinski definition) is 0. The number of carbonyl (C=O) groups excluding carboxylic acids is 1. The number of thiazole rings is 1. The molecule has 0 aliphatic rings. The number of aryl methyl sites for hydroxylation is 1. The van der Waals surface area contributed by atoms with Gasteiger partial charge in [-0.05, 0) is 37.3 Å². The number of hydrogen-bond acceptors (Lipinski definition) is 4. The van der Waals surface area contributed by atoms with Crippen LogP contribution in [0.25, 0.3) is 10.2 Å². The average Bonchev–Trinajstić information content (AvgIpc) is 2.96. The van der Waals surface area contributed by atoms with Crippen molar-refractivity contribution < 1.29 is 14.3 Å². The lowest BCUT2D eigenvalue weighted by Gasteiger charge is -2.05. The number of nitrogens with zero attached hydrogens (tertiary/aromatic N) is 2. The molecule has 3 rings (SSSR count). The third-order valence-electron chi connectivity index (χ3n) is 3.90. The van der Waals surface area contributed by atoms with E-state index >= 15 is 0 Å². The Morgan fingerprint density at radius 1 is 1.16 bits per heavy atom. The van der Waals surface area contributed by atoms with Gasteiger partial charge in [-0.1, -0.05) is 29.0 Å². The zero-order valence-electron chi connectivity index (χ0n) is 14.5. The number of ether oxygens (including phenoxy) is 2. The molecule has 0 atom stereocenters. The molecule has 0 spiro atoms. The van der Waals surface area contributed by atoms with Crippen molar-refractivity contribution in [1.82, 2.24) is 4.57 Å². The first kappa shape index (κ1) is 17.4. The van der Waals surface area contributed by atoms with Crippen LogP contribution in [-0.4, -0.2) is 31.3 Å². The summed E-state index contributed by atoms with van der Waals surface area (Å²) in [7, 11) is 3.30.